The zero-order valence-electron chi connectivity index (χ0n) is 29.2. The molecule has 1 aliphatic rings. The van der Waals surface area contributed by atoms with E-state index in [-0.39, 0.29) is 31.2 Å². The number of halogens is 6. The highest BCUT2D eigenvalue weighted by Gasteiger charge is 2.48. The number of ether oxygens (including phenoxy) is 1. The Bertz CT molecular complexity index is 2160. The van der Waals surface area contributed by atoms with Gasteiger partial charge in [-0.3, -0.25) is 0 Å². The van der Waals surface area contributed by atoms with Crippen molar-refractivity contribution in [1.29, 1.82) is 0 Å². The van der Waals surface area contributed by atoms with Crippen molar-refractivity contribution in [2.24, 2.45) is 0 Å². The summed E-state index contributed by atoms with van der Waals surface area (Å²) in [6.07, 6.45) is 3.70. The highest BCUT2D eigenvalue weighted by molar-refractivity contribution is 6.53. The van der Waals surface area contributed by atoms with E-state index in [9.17, 15) is 4.79 Å². The number of cyclic esters (lactones) is 1. The molecule has 0 unspecified atom stereocenters. The van der Waals surface area contributed by atoms with Crippen molar-refractivity contribution in [2.45, 2.75) is 19.4 Å². The van der Waals surface area contributed by atoms with Gasteiger partial charge in [0.1, 0.15) is 0 Å². The van der Waals surface area contributed by atoms with Crippen molar-refractivity contribution < 1.29 is 9.53 Å². The Kier molecular flexibility index (Phi) is 11.0. The molecule has 4 nitrogen and oxygen atoms in total. The molecule has 0 fully saturated rings. The molecule has 1 heterocycles. The van der Waals surface area contributed by atoms with E-state index < -0.39 is 11.6 Å². The van der Waals surface area contributed by atoms with Gasteiger partial charge in [0.2, 0.25) is 0 Å². The van der Waals surface area contributed by atoms with Crippen LogP contribution in [0.25, 0.3) is 11.1 Å². The first-order chi connectivity index (χ1) is 24.6. The van der Waals surface area contributed by atoms with Crippen molar-refractivity contribution in [3.05, 3.63) is 172 Å². The number of fused-ring (bicyclic) bond motifs is 1. The van der Waals surface area contributed by atoms with Crippen molar-refractivity contribution in [3.63, 3.8) is 0 Å². The minimum Gasteiger partial charge on any atom is -0.442 e. The number of esters is 1. The standard InChI is InChI=1S/C42H34Cl6N2O2/c1-23-7-11-25(12-8-23)31(29-17-15-27(49(3)4)19-33(29)43)21-42(36-35(41(51)52-42)37(45)39(47)40(48)38(36)46)22-32(26-13-9-24(2)10-14-26)30-18-16-28(50(5)6)20-34(30)44/h7-22H,1-6H3. The molecule has 0 atom stereocenters. The number of benzene rings is 5. The molecule has 0 aromatic heterocycles. The Morgan fingerprint density at radius 1 is 0.577 bits per heavy atom. The lowest BCUT2D eigenvalue weighted by Crippen LogP contribution is -2.23. The van der Waals surface area contributed by atoms with Gasteiger partial charge in [-0.1, -0.05) is 141 Å². The summed E-state index contributed by atoms with van der Waals surface area (Å²) in [6.45, 7) is 4.02. The Labute approximate surface area is 334 Å². The lowest BCUT2D eigenvalue weighted by Gasteiger charge is -2.28. The Morgan fingerprint density at radius 2 is 0.981 bits per heavy atom. The third-order valence-electron chi connectivity index (χ3n) is 9.08. The second-order valence-corrected chi connectivity index (χ2v) is 15.5. The maximum absolute atomic E-state index is 14.1. The predicted molar refractivity (Wildman–Crippen MR) is 222 cm³/mol. The molecule has 0 amide bonds. The summed E-state index contributed by atoms with van der Waals surface area (Å²) in [5.41, 5.74) is 6.89. The molecule has 0 bridgehead atoms. The maximum atomic E-state index is 14.1. The summed E-state index contributed by atoms with van der Waals surface area (Å²) in [4.78, 5) is 18.0. The van der Waals surface area contributed by atoms with Crippen molar-refractivity contribution in [2.75, 3.05) is 38.0 Å². The number of carbonyl (C=O) groups is 1. The number of hydrogen-bond acceptors (Lipinski definition) is 4. The molecule has 0 aliphatic carbocycles. The fraction of sp³-hybridized carbons (Fsp3) is 0.167. The summed E-state index contributed by atoms with van der Waals surface area (Å²) in [7, 11) is 7.78. The molecule has 5 aromatic rings. The number of hydrogen-bond donors (Lipinski definition) is 0. The van der Waals surface area contributed by atoms with Gasteiger partial charge in [-0.15, -0.1) is 0 Å². The SMILES string of the molecule is Cc1ccc(C(=CC2(C=C(c3ccc(C)cc3)c3ccc(N(C)C)cc3Cl)OC(=O)c3c(Cl)c(Cl)c(Cl)c(Cl)c32)c2ccc(N(C)C)cc2Cl)cc1. The second kappa shape index (κ2) is 15.0. The van der Waals surface area contributed by atoms with Crippen molar-refractivity contribution in [3.8, 4) is 0 Å². The Balaban J connectivity index is 1.78. The van der Waals surface area contributed by atoms with Crippen LogP contribution in [0.4, 0.5) is 11.4 Å². The zero-order chi connectivity index (χ0) is 37.6. The summed E-state index contributed by atoms with van der Waals surface area (Å²) in [5.74, 6) is -0.720. The molecule has 0 saturated heterocycles. The summed E-state index contributed by atoms with van der Waals surface area (Å²) in [6, 6.07) is 27.6. The molecule has 0 N–H and O–H groups in total. The van der Waals surface area contributed by atoms with Gasteiger partial charge in [-0.05, 0) is 72.5 Å². The van der Waals surface area contributed by atoms with Crippen LogP contribution >= 0.6 is 69.6 Å². The third-order valence-corrected chi connectivity index (χ3v) is 11.5. The van der Waals surface area contributed by atoms with Gasteiger partial charge < -0.3 is 14.5 Å². The van der Waals surface area contributed by atoms with Gasteiger partial charge in [0, 0.05) is 56.3 Å². The van der Waals surface area contributed by atoms with Crippen molar-refractivity contribution in [1.82, 2.24) is 0 Å². The second-order valence-electron chi connectivity index (χ2n) is 13.2. The number of aryl methyl sites for hydroxylation is 2. The van der Waals surface area contributed by atoms with Crippen LogP contribution in [0.3, 0.4) is 0 Å². The van der Waals surface area contributed by atoms with Crippen LogP contribution in [0, 0.1) is 13.8 Å². The number of rotatable bonds is 8. The lowest BCUT2D eigenvalue weighted by molar-refractivity contribution is 0.0300. The average Bonchev–Trinajstić information content (AvgIpc) is 3.40. The first-order valence-electron chi connectivity index (χ1n) is 16.3. The maximum Gasteiger partial charge on any atom is 0.341 e. The first kappa shape index (κ1) is 38.1. The van der Waals surface area contributed by atoms with Gasteiger partial charge >= 0.3 is 5.97 Å². The third kappa shape index (κ3) is 7.18. The van der Waals surface area contributed by atoms with Crippen LogP contribution in [0.2, 0.25) is 30.1 Å². The van der Waals surface area contributed by atoms with Crippen LogP contribution in [0.15, 0.2) is 97.1 Å². The van der Waals surface area contributed by atoms with E-state index in [2.05, 4.69) is 0 Å². The van der Waals surface area contributed by atoms with E-state index in [1.807, 2.05) is 149 Å². The topological polar surface area (TPSA) is 32.8 Å². The number of anilines is 2. The van der Waals surface area contributed by atoms with Gasteiger partial charge in [0.15, 0.2) is 5.60 Å². The fourth-order valence-electron chi connectivity index (χ4n) is 6.22. The molecule has 10 heteroatoms. The Hall–Kier alpha value is -3.61. The largest absolute Gasteiger partial charge is 0.442 e. The minimum absolute atomic E-state index is 0.00735. The van der Waals surface area contributed by atoms with E-state index in [0.717, 1.165) is 33.6 Å². The average molecular weight is 811 g/mol. The summed E-state index contributed by atoms with van der Waals surface area (Å²) < 4.78 is 6.51. The van der Waals surface area contributed by atoms with Crippen LogP contribution < -0.4 is 9.80 Å². The lowest BCUT2D eigenvalue weighted by atomic mass is 9.82. The van der Waals surface area contributed by atoms with Gasteiger partial charge in [-0.25, -0.2) is 4.79 Å². The van der Waals surface area contributed by atoms with E-state index in [1.165, 1.54) is 0 Å². The Morgan fingerprint density at radius 3 is 1.37 bits per heavy atom. The molecule has 1 aliphatic heterocycles. The monoisotopic (exact) mass is 808 g/mol. The van der Waals surface area contributed by atoms with Crippen molar-refractivity contribution >= 4 is 98.1 Å². The molecule has 266 valence electrons. The van der Waals surface area contributed by atoms with Crippen LogP contribution in [-0.2, 0) is 10.3 Å². The normalized spacial score (nSPS) is 15.8. The quantitative estimate of drug-likeness (QED) is 0.0888. The summed E-state index contributed by atoms with van der Waals surface area (Å²) in [5, 5.41) is 0.887. The fourth-order valence-corrected chi connectivity index (χ4v) is 7.85. The van der Waals surface area contributed by atoms with E-state index in [1.54, 1.807) is 0 Å². The van der Waals surface area contributed by atoms with Crippen LogP contribution in [-0.4, -0.2) is 34.2 Å². The number of carbonyl (C=O) groups excluding carboxylic acids is 1. The predicted octanol–water partition coefficient (Wildman–Crippen LogP) is 13.0. The molecule has 0 radical (unpaired) electrons. The smallest absolute Gasteiger partial charge is 0.341 e. The van der Waals surface area contributed by atoms with Gasteiger partial charge in [0.05, 0.1) is 35.7 Å². The zero-order valence-corrected chi connectivity index (χ0v) is 33.8. The summed E-state index contributed by atoms with van der Waals surface area (Å²) >= 11 is 41.4. The van der Waals surface area contributed by atoms with E-state index in [0.29, 0.717) is 32.3 Å². The highest BCUT2D eigenvalue weighted by atomic mass is 35.5. The highest BCUT2D eigenvalue weighted by Crippen LogP contribution is 2.54. The minimum atomic E-state index is -1.70. The van der Waals surface area contributed by atoms with Gasteiger partial charge in [-0.2, -0.15) is 0 Å². The first-order valence-corrected chi connectivity index (χ1v) is 18.5. The van der Waals surface area contributed by atoms with E-state index in [4.69, 9.17) is 74.3 Å². The molecular formula is C42H34Cl6N2O2. The molecule has 5 aromatic carbocycles. The molecular weight excluding hydrogens is 777 g/mol. The molecule has 6 rings (SSSR count). The van der Waals surface area contributed by atoms with E-state index >= 15 is 0 Å². The molecule has 0 spiro atoms. The van der Waals surface area contributed by atoms with Gasteiger partial charge in [0.25, 0.3) is 0 Å². The molecule has 0 saturated carbocycles. The van der Waals surface area contributed by atoms with Crippen LogP contribution in [0.5, 0.6) is 0 Å². The molecule has 52 heavy (non-hydrogen) atoms. The number of nitrogens with zero attached hydrogens (tertiary/aromatic N) is 2. The van der Waals surface area contributed by atoms with Crippen LogP contribution in [0.1, 0.15) is 49.3 Å².